The third-order valence-corrected chi connectivity index (χ3v) is 3.35. The Hall–Kier alpha value is -1.46. The molecule has 0 aliphatic heterocycles. The number of hydrogen-bond donors (Lipinski definition) is 3. The van der Waals surface area contributed by atoms with Crippen molar-refractivity contribution in [2.45, 2.75) is 32.7 Å². The van der Waals surface area contributed by atoms with Crippen LogP contribution in [0.2, 0.25) is 5.02 Å². The average Bonchev–Trinajstić information content (AvgIpc) is 2.42. The maximum absolute atomic E-state index is 12.0. The first-order chi connectivity index (χ1) is 9.45. The van der Waals surface area contributed by atoms with Crippen LogP contribution in [0.5, 0.6) is 5.75 Å². The van der Waals surface area contributed by atoms with Gasteiger partial charge >= 0.3 is 6.03 Å². The van der Waals surface area contributed by atoms with Crippen LogP contribution in [-0.4, -0.2) is 29.9 Å². The van der Waals surface area contributed by atoms with E-state index < -0.39 is 11.6 Å². The maximum Gasteiger partial charge on any atom is 0.319 e. The Morgan fingerprint density at radius 1 is 1.45 bits per heavy atom. The monoisotopic (exact) mass is 300 g/mol. The molecule has 1 aromatic carbocycles. The normalized spacial score (nSPS) is 13.4. The Labute approximate surface area is 124 Å². The fourth-order valence-corrected chi connectivity index (χ4v) is 1.79. The van der Waals surface area contributed by atoms with Crippen molar-refractivity contribution in [3.05, 3.63) is 23.2 Å². The van der Waals surface area contributed by atoms with Gasteiger partial charge in [-0.1, -0.05) is 24.6 Å². The molecule has 0 spiro atoms. The first kappa shape index (κ1) is 16.6. The van der Waals surface area contributed by atoms with Gasteiger partial charge in [0.05, 0.1) is 29.5 Å². The fraction of sp³-hybridized carbons (Fsp3) is 0.500. The van der Waals surface area contributed by atoms with E-state index in [2.05, 4.69) is 10.6 Å². The second-order valence-electron chi connectivity index (χ2n) is 4.70. The maximum atomic E-state index is 12.0. The highest BCUT2D eigenvalue weighted by molar-refractivity contribution is 6.32. The number of anilines is 1. The van der Waals surface area contributed by atoms with Crippen molar-refractivity contribution in [2.24, 2.45) is 0 Å². The molecule has 0 fully saturated rings. The molecule has 1 atom stereocenters. The predicted molar refractivity (Wildman–Crippen MR) is 80.6 cm³/mol. The van der Waals surface area contributed by atoms with Gasteiger partial charge in [0.2, 0.25) is 0 Å². The van der Waals surface area contributed by atoms with Gasteiger partial charge in [-0.15, -0.1) is 0 Å². The van der Waals surface area contributed by atoms with E-state index in [-0.39, 0.29) is 6.61 Å². The molecule has 0 aliphatic rings. The summed E-state index contributed by atoms with van der Waals surface area (Å²) < 4.78 is 5.43. The number of carbonyl (C=O) groups is 1. The molecule has 1 aromatic rings. The molecule has 112 valence electrons. The third kappa shape index (κ3) is 4.28. The van der Waals surface area contributed by atoms with E-state index in [0.717, 1.165) is 0 Å². The summed E-state index contributed by atoms with van der Waals surface area (Å²) in [6.07, 6.45) is 0.616. The summed E-state index contributed by atoms with van der Waals surface area (Å²) in [4.78, 5) is 12.0. The van der Waals surface area contributed by atoms with E-state index in [1.165, 1.54) is 0 Å². The van der Waals surface area contributed by atoms with Crippen LogP contribution < -0.4 is 15.4 Å². The van der Waals surface area contributed by atoms with Gasteiger partial charge in [0.15, 0.2) is 5.75 Å². The molecular weight excluding hydrogens is 280 g/mol. The number of halogens is 1. The lowest BCUT2D eigenvalue weighted by atomic mass is 10.0. The van der Waals surface area contributed by atoms with Crippen molar-refractivity contribution in [2.75, 3.05) is 18.5 Å². The van der Waals surface area contributed by atoms with Gasteiger partial charge in [-0.25, -0.2) is 4.79 Å². The zero-order valence-electron chi connectivity index (χ0n) is 12.0. The van der Waals surface area contributed by atoms with Crippen molar-refractivity contribution >= 4 is 23.3 Å². The van der Waals surface area contributed by atoms with Gasteiger partial charge in [-0.05, 0) is 32.4 Å². The quantitative estimate of drug-likeness (QED) is 0.756. The van der Waals surface area contributed by atoms with Crippen molar-refractivity contribution < 1.29 is 14.6 Å². The van der Waals surface area contributed by atoms with Crippen molar-refractivity contribution in [3.63, 3.8) is 0 Å². The Kier molecular flexibility index (Phi) is 6.10. The van der Waals surface area contributed by atoms with E-state index >= 15 is 0 Å². The summed E-state index contributed by atoms with van der Waals surface area (Å²) in [5.41, 5.74) is -0.165. The lowest BCUT2D eigenvalue weighted by Gasteiger charge is -2.27. The molecule has 2 amide bonds. The van der Waals surface area contributed by atoms with Gasteiger partial charge < -0.3 is 20.5 Å². The Morgan fingerprint density at radius 2 is 2.15 bits per heavy atom. The van der Waals surface area contributed by atoms with Crippen LogP contribution in [0.25, 0.3) is 0 Å². The van der Waals surface area contributed by atoms with E-state index in [1.807, 2.05) is 13.8 Å². The summed E-state index contributed by atoms with van der Waals surface area (Å²) >= 11 is 6.04. The smallest absolute Gasteiger partial charge is 0.319 e. The molecule has 0 saturated heterocycles. The molecule has 3 N–H and O–H groups in total. The highest BCUT2D eigenvalue weighted by Crippen LogP contribution is 2.32. The van der Waals surface area contributed by atoms with Gasteiger partial charge in [-0.2, -0.15) is 0 Å². The molecule has 1 rings (SSSR count). The van der Waals surface area contributed by atoms with E-state index in [9.17, 15) is 9.90 Å². The second kappa shape index (κ2) is 7.36. The lowest BCUT2D eigenvalue weighted by Crippen LogP contribution is -2.50. The number of carbonyl (C=O) groups excluding carboxylic acids is 1. The van der Waals surface area contributed by atoms with Crippen molar-refractivity contribution in [1.29, 1.82) is 0 Å². The van der Waals surface area contributed by atoms with E-state index in [4.69, 9.17) is 16.3 Å². The number of aliphatic hydroxyl groups is 1. The zero-order valence-corrected chi connectivity index (χ0v) is 12.8. The van der Waals surface area contributed by atoms with Crippen LogP contribution in [0.15, 0.2) is 18.2 Å². The molecule has 0 aliphatic carbocycles. The molecule has 0 heterocycles. The fourth-order valence-electron chi connectivity index (χ4n) is 1.57. The number of hydrogen-bond acceptors (Lipinski definition) is 3. The van der Waals surface area contributed by atoms with Crippen LogP contribution in [0.4, 0.5) is 10.5 Å². The summed E-state index contributed by atoms with van der Waals surface area (Å²) in [5.74, 6) is 0.439. The van der Waals surface area contributed by atoms with Crippen molar-refractivity contribution in [1.82, 2.24) is 5.32 Å². The number of para-hydroxylation sites is 1. The number of benzene rings is 1. The minimum absolute atomic E-state index is 0.134. The molecule has 20 heavy (non-hydrogen) atoms. The Bertz CT molecular complexity index is 462. The topological polar surface area (TPSA) is 70.6 Å². The summed E-state index contributed by atoms with van der Waals surface area (Å²) in [7, 11) is 0. The molecule has 1 unspecified atom stereocenters. The van der Waals surface area contributed by atoms with Gasteiger partial charge in [0, 0.05) is 0 Å². The summed E-state index contributed by atoms with van der Waals surface area (Å²) in [5, 5.41) is 15.2. The molecule has 0 saturated carbocycles. The van der Waals surface area contributed by atoms with Crippen LogP contribution in [0.3, 0.4) is 0 Å². The number of urea groups is 1. The molecule has 0 radical (unpaired) electrons. The number of rotatable bonds is 6. The Morgan fingerprint density at radius 3 is 2.70 bits per heavy atom. The van der Waals surface area contributed by atoms with Crippen LogP contribution in [0, 0.1) is 0 Å². The highest BCUT2D eigenvalue weighted by Gasteiger charge is 2.23. The average molecular weight is 301 g/mol. The largest absolute Gasteiger partial charge is 0.490 e. The number of nitrogens with one attached hydrogen (secondary N) is 2. The van der Waals surface area contributed by atoms with E-state index in [0.29, 0.717) is 29.5 Å². The minimum atomic E-state index is -0.658. The SMILES string of the molecule is CCOc1c(Cl)cccc1NC(=O)NC(C)(CC)CO. The Balaban J connectivity index is 2.83. The van der Waals surface area contributed by atoms with Crippen LogP contribution >= 0.6 is 11.6 Å². The zero-order chi connectivity index (χ0) is 15.2. The first-order valence-electron chi connectivity index (χ1n) is 6.57. The predicted octanol–water partition coefficient (Wildman–Crippen LogP) is 3.02. The van der Waals surface area contributed by atoms with Crippen LogP contribution in [0.1, 0.15) is 27.2 Å². The molecule has 0 bridgehead atoms. The van der Waals surface area contributed by atoms with E-state index in [1.54, 1.807) is 25.1 Å². The summed E-state index contributed by atoms with van der Waals surface area (Å²) in [6.45, 7) is 5.82. The number of aliphatic hydroxyl groups excluding tert-OH is 1. The second-order valence-corrected chi connectivity index (χ2v) is 5.11. The molecule has 6 heteroatoms. The van der Waals surface area contributed by atoms with Gasteiger partial charge in [0.1, 0.15) is 0 Å². The van der Waals surface area contributed by atoms with Crippen molar-refractivity contribution in [3.8, 4) is 5.75 Å². The standard InChI is InChI=1S/C14H21ClN2O3/c1-4-14(3,9-18)17-13(19)16-11-8-6-7-10(15)12(11)20-5-2/h6-8,18H,4-5,9H2,1-3H3,(H2,16,17,19). The molecular formula is C14H21ClN2O3. The number of amides is 2. The lowest BCUT2D eigenvalue weighted by molar-refractivity contribution is 0.172. The summed E-state index contributed by atoms with van der Waals surface area (Å²) in [6, 6.07) is 4.72. The first-order valence-corrected chi connectivity index (χ1v) is 6.95. The third-order valence-electron chi connectivity index (χ3n) is 3.05. The minimum Gasteiger partial charge on any atom is -0.490 e. The van der Waals surface area contributed by atoms with Crippen LogP contribution in [-0.2, 0) is 0 Å². The highest BCUT2D eigenvalue weighted by atomic mass is 35.5. The van der Waals surface area contributed by atoms with Gasteiger partial charge in [0.25, 0.3) is 0 Å². The number of ether oxygens (including phenoxy) is 1. The molecule has 5 nitrogen and oxygen atoms in total. The van der Waals surface area contributed by atoms with Gasteiger partial charge in [-0.3, -0.25) is 0 Å². The molecule has 0 aromatic heterocycles.